The fourth-order valence-electron chi connectivity index (χ4n) is 1.58. The van der Waals surface area contributed by atoms with Gasteiger partial charge in [0.15, 0.2) is 0 Å². The molecule has 0 aliphatic rings. The van der Waals surface area contributed by atoms with E-state index < -0.39 is 5.91 Å². The molecule has 0 radical (unpaired) electrons. The smallest absolute Gasteiger partial charge is 0.229 e. The van der Waals surface area contributed by atoms with E-state index in [9.17, 15) is 4.79 Å². The second-order valence-electron chi connectivity index (χ2n) is 3.59. The predicted molar refractivity (Wildman–Crippen MR) is 63.2 cm³/mol. The fraction of sp³-hybridized carbons (Fsp3) is 0.308. The summed E-state index contributed by atoms with van der Waals surface area (Å²) in [5.41, 5.74) is 7.94. The van der Waals surface area contributed by atoms with E-state index in [1.54, 1.807) is 7.11 Å². The molecule has 16 heavy (non-hydrogen) atoms. The SMILES string of the molecule is COc1c(C)cc(C#CCC(N)=O)cc1C. The van der Waals surface area contributed by atoms with E-state index in [-0.39, 0.29) is 6.42 Å². The van der Waals surface area contributed by atoms with Crippen LogP contribution in [0.2, 0.25) is 0 Å². The first-order chi connectivity index (χ1) is 7.54. The van der Waals surface area contributed by atoms with Gasteiger partial charge in [-0.2, -0.15) is 0 Å². The van der Waals surface area contributed by atoms with Gasteiger partial charge in [0.2, 0.25) is 5.91 Å². The number of benzene rings is 1. The molecule has 2 N–H and O–H groups in total. The van der Waals surface area contributed by atoms with Gasteiger partial charge in [0, 0.05) is 5.56 Å². The molecule has 1 aromatic rings. The summed E-state index contributed by atoms with van der Waals surface area (Å²) in [5, 5.41) is 0. The molecule has 3 nitrogen and oxygen atoms in total. The first-order valence-electron chi connectivity index (χ1n) is 4.97. The zero-order valence-corrected chi connectivity index (χ0v) is 9.76. The summed E-state index contributed by atoms with van der Waals surface area (Å²) in [6.45, 7) is 3.93. The molecule has 0 aliphatic heterocycles. The second-order valence-corrected chi connectivity index (χ2v) is 3.59. The molecular formula is C13H15NO2. The number of rotatable bonds is 2. The van der Waals surface area contributed by atoms with Crippen LogP contribution in [0.5, 0.6) is 5.75 Å². The molecule has 0 aliphatic carbocycles. The Labute approximate surface area is 95.6 Å². The van der Waals surface area contributed by atoms with E-state index >= 15 is 0 Å². The third-order valence-electron chi connectivity index (χ3n) is 2.16. The third kappa shape index (κ3) is 3.03. The van der Waals surface area contributed by atoms with E-state index in [2.05, 4.69) is 11.8 Å². The summed E-state index contributed by atoms with van der Waals surface area (Å²) in [4.78, 5) is 10.5. The van der Waals surface area contributed by atoms with Crippen LogP contribution in [-0.4, -0.2) is 13.0 Å². The number of ether oxygens (including phenoxy) is 1. The van der Waals surface area contributed by atoms with Gasteiger partial charge in [-0.1, -0.05) is 11.8 Å². The molecule has 3 heteroatoms. The minimum Gasteiger partial charge on any atom is -0.496 e. The molecule has 1 aromatic carbocycles. The Balaban J connectivity index is 2.98. The normalized spacial score (nSPS) is 9.19. The number of aryl methyl sites for hydroxylation is 2. The number of primary amides is 1. The molecule has 0 aromatic heterocycles. The summed E-state index contributed by atoms with van der Waals surface area (Å²) in [6.07, 6.45) is 0.0874. The van der Waals surface area contributed by atoms with Crippen molar-refractivity contribution in [3.63, 3.8) is 0 Å². The standard InChI is InChI=1S/C13H15NO2/c1-9-7-11(5-4-6-12(14)15)8-10(2)13(9)16-3/h7-8H,6H2,1-3H3,(H2,14,15). The Bertz CT molecular complexity index is 444. The molecular weight excluding hydrogens is 202 g/mol. The number of hydrogen-bond donors (Lipinski definition) is 1. The van der Waals surface area contributed by atoms with Crippen LogP contribution in [0.1, 0.15) is 23.1 Å². The van der Waals surface area contributed by atoms with Crippen LogP contribution in [-0.2, 0) is 4.79 Å². The van der Waals surface area contributed by atoms with Gasteiger partial charge in [-0.25, -0.2) is 0 Å². The lowest BCUT2D eigenvalue weighted by atomic mass is 10.1. The lowest BCUT2D eigenvalue weighted by molar-refractivity contribution is -0.117. The summed E-state index contributed by atoms with van der Waals surface area (Å²) in [5.74, 6) is 6.10. The molecule has 0 fully saturated rings. The molecule has 84 valence electrons. The van der Waals surface area contributed by atoms with Gasteiger partial charge < -0.3 is 10.5 Å². The summed E-state index contributed by atoms with van der Waals surface area (Å²) in [7, 11) is 1.65. The number of amides is 1. The van der Waals surface area contributed by atoms with Crippen molar-refractivity contribution in [2.75, 3.05) is 7.11 Å². The molecule has 0 saturated heterocycles. The first-order valence-corrected chi connectivity index (χ1v) is 4.97. The van der Waals surface area contributed by atoms with Crippen molar-refractivity contribution in [3.8, 4) is 17.6 Å². The third-order valence-corrected chi connectivity index (χ3v) is 2.16. The van der Waals surface area contributed by atoms with Crippen LogP contribution in [0.3, 0.4) is 0 Å². The Morgan fingerprint density at radius 1 is 1.38 bits per heavy atom. The largest absolute Gasteiger partial charge is 0.496 e. The Hall–Kier alpha value is -1.95. The highest BCUT2D eigenvalue weighted by atomic mass is 16.5. The van der Waals surface area contributed by atoms with Crippen LogP contribution >= 0.6 is 0 Å². The molecule has 0 bridgehead atoms. The highest BCUT2D eigenvalue weighted by Gasteiger charge is 2.03. The lowest BCUT2D eigenvalue weighted by Gasteiger charge is -2.08. The van der Waals surface area contributed by atoms with Crippen molar-refractivity contribution in [1.82, 2.24) is 0 Å². The predicted octanol–water partition coefficient (Wildman–Crippen LogP) is 1.54. The quantitative estimate of drug-likeness (QED) is 0.764. The average molecular weight is 217 g/mol. The van der Waals surface area contributed by atoms with Gasteiger partial charge in [0.1, 0.15) is 5.75 Å². The van der Waals surface area contributed by atoms with Crippen LogP contribution in [0.15, 0.2) is 12.1 Å². The molecule has 0 atom stereocenters. The molecule has 0 saturated carbocycles. The number of carbonyl (C=O) groups is 1. The number of methoxy groups -OCH3 is 1. The van der Waals surface area contributed by atoms with E-state index in [4.69, 9.17) is 10.5 Å². The monoisotopic (exact) mass is 217 g/mol. The fourth-order valence-corrected chi connectivity index (χ4v) is 1.58. The van der Waals surface area contributed by atoms with Crippen molar-refractivity contribution < 1.29 is 9.53 Å². The van der Waals surface area contributed by atoms with E-state index in [0.717, 1.165) is 22.4 Å². The molecule has 1 amide bonds. The Morgan fingerprint density at radius 3 is 2.38 bits per heavy atom. The maximum atomic E-state index is 10.5. The topological polar surface area (TPSA) is 52.3 Å². The van der Waals surface area contributed by atoms with Gasteiger partial charge in [0.25, 0.3) is 0 Å². The van der Waals surface area contributed by atoms with Gasteiger partial charge in [-0.3, -0.25) is 4.79 Å². The summed E-state index contributed by atoms with van der Waals surface area (Å²) in [6, 6.07) is 3.86. The van der Waals surface area contributed by atoms with Gasteiger partial charge in [-0.05, 0) is 37.1 Å². The Morgan fingerprint density at radius 2 is 1.94 bits per heavy atom. The van der Waals surface area contributed by atoms with E-state index in [1.807, 2.05) is 26.0 Å². The number of hydrogen-bond acceptors (Lipinski definition) is 2. The average Bonchev–Trinajstić information content (AvgIpc) is 2.16. The lowest BCUT2D eigenvalue weighted by Crippen LogP contribution is -2.08. The van der Waals surface area contributed by atoms with Crippen molar-refractivity contribution in [3.05, 3.63) is 28.8 Å². The number of carbonyl (C=O) groups excluding carboxylic acids is 1. The van der Waals surface area contributed by atoms with Crippen LogP contribution in [0.4, 0.5) is 0 Å². The van der Waals surface area contributed by atoms with Crippen molar-refractivity contribution in [2.45, 2.75) is 20.3 Å². The molecule has 0 unspecified atom stereocenters. The zero-order chi connectivity index (χ0) is 12.1. The maximum absolute atomic E-state index is 10.5. The van der Waals surface area contributed by atoms with Crippen molar-refractivity contribution in [1.29, 1.82) is 0 Å². The summed E-state index contributed by atoms with van der Waals surface area (Å²) >= 11 is 0. The van der Waals surface area contributed by atoms with E-state index in [0.29, 0.717) is 0 Å². The highest BCUT2D eigenvalue weighted by Crippen LogP contribution is 2.23. The van der Waals surface area contributed by atoms with Crippen LogP contribution in [0, 0.1) is 25.7 Å². The summed E-state index contributed by atoms with van der Waals surface area (Å²) < 4.78 is 5.25. The van der Waals surface area contributed by atoms with Crippen LogP contribution < -0.4 is 10.5 Å². The Kier molecular flexibility index (Phi) is 3.96. The van der Waals surface area contributed by atoms with Gasteiger partial charge in [0.05, 0.1) is 13.5 Å². The van der Waals surface area contributed by atoms with Crippen molar-refractivity contribution >= 4 is 5.91 Å². The first kappa shape index (κ1) is 12.1. The minimum absolute atomic E-state index is 0.0874. The van der Waals surface area contributed by atoms with Crippen LogP contribution in [0.25, 0.3) is 0 Å². The highest BCUT2D eigenvalue weighted by molar-refractivity contribution is 5.76. The van der Waals surface area contributed by atoms with E-state index in [1.165, 1.54) is 0 Å². The maximum Gasteiger partial charge on any atom is 0.229 e. The molecule has 0 heterocycles. The van der Waals surface area contributed by atoms with Gasteiger partial charge >= 0.3 is 0 Å². The van der Waals surface area contributed by atoms with Crippen molar-refractivity contribution in [2.24, 2.45) is 5.73 Å². The van der Waals surface area contributed by atoms with Gasteiger partial charge in [-0.15, -0.1) is 0 Å². The molecule has 1 rings (SSSR count). The second kappa shape index (κ2) is 5.22. The number of nitrogens with two attached hydrogens (primary N) is 1. The zero-order valence-electron chi connectivity index (χ0n) is 9.76. The molecule has 0 spiro atoms. The minimum atomic E-state index is -0.408.